The van der Waals surface area contributed by atoms with Crippen LogP contribution < -0.4 is 4.74 Å². The first kappa shape index (κ1) is 20.5. The van der Waals surface area contributed by atoms with Gasteiger partial charge < -0.3 is 14.5 Å². The molecule has 3 rings (SSSR count). The van der Waals surface area contributed by atoms with E-state index in [1.165, 1.54) is 7.11 Å². The highest BCUT2D eigenvalue weighted by atomic mass is 35.5. The van der Waals surface area contributed by atoms with Crippen molar-refractivity contribution in [3.8, 4) is 5.75 Å². The van der Waals surface area contributed by atoms with Crippen molar-refractivity contribution in [1.29, 1.82) is 0 Å². The van der Waals surface area contributed by atoms with Crippen LogP contribution in [0.25, 0.3) is 0 Å². The van der Waals surface area contributed by atoms with Crippen molar-refractivity contribution in [1.82, 2.24) is 9.80 Å². The summed E-state index contributed by atoms with van der Waals surface area (Å²) in [5.74, 6) is 0.0880. The minimum Gasteiger partial charge on any atom is -0.496 e. The molecule has 2 aromatic carbocycles. The fourth-order valence-corrected chi connectivity index (χ4v) is 3.85. The molecule has 0 radical (unpaired) electrons. The van der Waals surface area contributed by atoms with E-state index in [1.54, 1.807) is 41.1 Å². The number of rotatable bonds is 5. The van der Waals surface area contributed by atoms with Crippen LogP contribution in [-0.4, -0.2) is 48.4 Å². The molecular weight excluding hydrogens is 399 g/mol. The van der Waals surface area contributed by atoms with E-state index in [2.05, 4.69) is 0 Å². The molecule has 1 atom stereocenters. The Bertz CT molecular complexity index is 888. The van der Waals surface area contributed by atoms with Crippen LogP contribution >= 0.6 is 23.2 Å². The molecule has 0 unspecified atom stereocenters. The molecule has 0 aromatic heterocycles. The first-order chi connectivity index (χ1) is 13.4. The number of nitrogens with zero attached hydrogens (tertiary/aromatic N) is 2. The predicted molar refractivity (Wildman–Crippen MR) is 110 cm³/mol. The van der Waals surface area contributed by atoms with Gasteiger partial charge in [0.2, 0.25) is 5.91 Å². The molecule has 0 saturated carbocycles. The van der Waals surface area contributed by atoms with Gasteiger partial charge in [-0.1, -0.05) is 41.4 Å². The summed E-state index contributed by atoms with van der Waals surface area (Å²) in [5.41, 5.74) is 1.23. The van der Waals surface area contributed by atoms with Crippen molar-refractivity contribution in [2.24, 2.45) is 0 Å². The highest BCUT2D eigenvalue weighted by Crippen LogP contribution is 2.28. The maximum absolute atomic E-state index is 13.1. The lowest BCUT2D eigenvalue weighted by molar-refractivity contribution is -0.134. The van der Waals surface area contributed by atoms with Crippen LogP contribution in [0, 0.1) is 0 Å². The zero-order valence-electron chi connectivity index (χ0n) is 15.8. The van der Waals surface area contributed by atoms with Gasteiger partial charge in [-0.2, -0.15) is 0 Å². The Morgan fingerprint density at radius 2 is 1.96 bits per heavy atom. The average Bonchev–Trinajstić information content (AvgIpc) is 3.18. The quantitative estimate of drug-likeness (QED) is 0.725. The molecule has 2 amide bonds. The lowest BCUT2D eigenvalue weighted by atomic mass is 10.1. The number of ether oxygens (including phenoxy) is 1. The molecule has 0 spiro atoms. The maximum Gasteiger partial charge on any atom is 0.258 e. The van der Waals surface area contributed by atoms with Crippen molar-refractivity contribution in [3.05, 3.63) is 63.6 Å². The van der Waals surface area contributed by atoms with Crippen molar-refractivity contribution in [3.63, 3.8) is 0 Å². The van der Waals surface area contributed by atoms with Crippen LogP contribution in [0.15, 0.2) is 42.5 Å². The van der Waals surface area contributed by atoms with Gasteiger partial charge in [-0.3, -0.25) is 9.59 Å². The van der Waals surface area contributed by atoms with Gasteiger partial charge in [0.25, 0.3) is 5.91 Å². The number of methoxy groups -OCH3 is 1. The highest BCUT2D eigenvalue weighted by molar-refractivity contribution is 6.31. The number of amides is 2. The number of hydrogen-bond donors (Lipinski definition) is 0. The average molecular weight is 421 g/mol. The molecule has 0 bridgehead atoms. The van der Waals surface area contributed by atoms with E-state index in [0.29, 0.717) is 40.9 Å². The summed E-state index contributed by atoms with van der Waals surface area (Å²) < 4.78 is 5.30. The fraction of sp³-hybridized carbons (Fsp3) is 0.333. The first-order valence-corrected chi connectivity index (χ1v) is 9.81. The Morgan fingerprint density at radius 1 is 1.21 bits per heavy atom. The van der Waals surface area contributed by atoms with Gasteiger partial charge in [-0.15, -0.1) is 0 Å². The number of hydrogen-bond acceptors (Lipinski definition) is 3. The molecule has 5 nitrogen and oxygen atoms in total. The van der Waals surface area contributed by atoms with E-state index in [4.69, 9.17) is 27.9 Å². The molecule has 2 aromatic rings. The zero-order chi connectivity index (χ0) is 20.3. The largest absolute Gasteiger partial charge is 0.496 e. The predicted octanol–water partition coefficient (Wildman–Crippen LogP) is 4.27. The molecule has 28 heavy (non-hydrogen) atoms. The second kappa shape index (κ2) is 8.84. The highest BCUT2D eigenvalue weighted by Gasteiger charge is 2.37. The third-order valence-electron chi connectivity index (χ3n) is 4.93. The number of carbonyl (C=O) groups is 2. The van der Waals surface area contributed by atoms with Crippen LogP contribution in [0.3, 0.4) is 0 Å². The standard InChI is InChI=1S/C21H22Cl2N2O3/c1-24(13-14-6-3-4-7-17(14)23)21(27)18-8-5-11-25(18)20(26)16-12-15(22)9-10-19(16)28-2/h3-4,6-7,9-10,12,18H,5,8,11,13H2,1-2H3/t18-/m1/s1. The molecule has 0 N–H and O–H groups in total. The lowest BCUT2D eigenvalue weighted by Crippen LogP contribution is -2.46. The SMILES string of the molecule is COc1ccc(Cl)cc1C(=O)N1CCC[C@@H]1C(=O)N(C)Cc1ccccc1Cl. The molecule has 148 valence electrons. The van der Waals surface area contributed by atoms with Crippen molar-refractivity contribution < 1.29 is 14.3 Å². The Labute approximate surface area is 174 Å². The minimum absolute atomic E-state index is 0.105. The van der Waals surface area contributed by atoms with Gasteiger partial charge in [-0.05, 0) is 42.7 Å². The zero-order valence-corrected chi connectivity index (χ0v) is 17.3. The normalized spacial score (nSPS) is 16.1. The monoisotopic (exact) mass is 420 g/mol. The number of benzene rings is 2. The van der Waals surface area contributed by atoms with E-state index in [9.17, 15) is 9.59 Å². The molecule has 0 aliphatic carbocycles. The van der Waals surface area contributed by atoms with Gasteiger partial charge >= 0.3 is 0 Å². The lowest BCUT2D eigenvalue weighted by Gasteiger charge is -2.28. The van der Waals surface area contributed by atoms with Crippen LogP contribution in [0.5, 0.6) is 5.75 Å². The molecule has 1 aliphatic heterocycles. The Morgan fingerprint density at radius 3 is 2.68 bits per heavy atom. The third kappa shape index (κ3) is 4.26. The summed E-state index contributed by atoms with van der Waals surface area (Å²) >= 11 is 12.3. The third-order valence-corrected chi connectivity index (χ3v) is 5.54. The molecular formula is C21H22Cl2N2O3. The van der Waals surface area contributed by atoms with E-state index >= 15 is 0 Å². The maximum atomic E-state index is 13.1. The number of likely N-dealkylation sites (N-methyl/N-ethyl adjacent to an activating group) is 1. The van der Waals surface area contributed by atoms with E-state index in [1.807, 2.05) is 18.2 Å². The second-order valence-electron chi connectivity index (χ2n) is 6.79. The summed E-state index contributed by atoms with van der Waals surface area (Å²) in [7, 11) is 3.23. The Hall–Kier alpha value is -2.24. The van der Waals surface area contributed by atoms with Gasteiger partial charge in [0.1, 0.15) is 11.8 Å². The minimum atomic E-state index is -0.510. The summed E-state index contributed by atoms with van der Waals surface area (Å²) in [5, 5.41) is 1.06. The smallest absolute Gasteiger partial charge is 0.258 e. The Balaban J connectivity index is 1.78. The Kier molecular flexibility index (Phi) is 6.47. The first-order valence-electron chi connectivity index (χ1n) is 9.05. The second-order valence-corrected chi connectivity index (χ2v) is 7.63. The molecule has 1 saturated heterocycles. The van der Waals surface area contributed by atoms with Crippen LogP contribution in [0.2, 0.25) is 10.0 Å². The van der Waals surface area contributed by atoms with E-state index in [0.717, 1.165) is 12.0 Å². The van der Waals surface area contributed by atoms with Gasteiger partial charge in [0, 0.05) is 30.2 Å². The van der Waals surface area contributed by atoms with Crippen LogP contribution in [0.1, 0.15) is 28.8 Å². The van der Waals surface area contributed by atoms with Crippen molar-refractivity contribution >= 4 is 35.0 Å². The van der Waals surface area contributed by atoms with Crippen molar-refractivity contribution in [2.45, 2.75) is 25.4 Å². The topological polar surface area (TPSA) is 49.9 Å². The van der Waals surface area contributed by atoms with E-state index < -0.39 is 6.04 Å². The summed E-state index contributed by atoms with van der Waals surface area (Å²) in [4.78, 5) is 29.4. The summed E-state index contributed by atoms with van der Waals surface area (Å²) in [6.45, 7) is 0.905. The number of halogens is 2. The van der Waals surface area contributed by atoms with Crippen molar-refractivity contribution in [2.75, 3.05) is 20.7 Å². The molecule has 1 heterocycles. The number of carbonyl (C=O) groups excluding carboxylic acids is 2. The van der Waals surface area contributed by atoms with Gasteiger partial charge in [-0.25, -0.2) is 0 Å². The molecule has 7 heteroatoms. The fourth-order valence-electron chi connectivity index (χ4n) is 3.48. The van der Waals surface area contributed by atoms with Gasteiger partial charge in [0.15, 0.2) is 0 Å². The number of likely N-dealkylation sites (tertiary alicyclic amines) is 1. The van der Waals surface area contributed by atoms with E-state index in [-0.39, 0.29) is 11.8 Å². The molecule has 1 fully saturated rings. The van der Waals surface area contributed by atoms with Crippen LogP contribution in [0.4, 0.5) is 0 Å². The summed E-state index contributed by atoms with van der Waals surface area (Å²) in [6.07, 6.45) is 1.39. The van der Waals surface area contributed by atoms with Gasteiger partial charge in [0.05, 0.1) is 12.7 Å². The summed E-state index contributed by atoms with van der Waals surface area (Å²) in [6, 6.07) is 11.8. The van der Waals surface area contributed by atoms with Crippen LogP contribution in [-0.2, 0) is 11.3 Å². The molecule has 1 aliphatic rings.